The third-order valence-electron chi connectivity index (χ3n) is 1.48. The van der Waals surface area contributed by atoms with Crippen LogP contribution < -0.4 is 5.43 Å². The Balaban J connectivity index is 2.40. The molecule has 0 fully saturated rings. The maximum Gasteiger partial charge on any atom is 0.133 e. The molecular weight excluding hydrogens is 270 g/mol. The molecule has 1 aliphatic rings. The van der Waals surface area contributed by atoms with E-state index in [1.54, 1.807) is 12.1 Å². The number of nitrogens with one attached hydrogen (secondary N) is 1. The summed E-state index contributed by atoms with van der Waals surface area (Å²) in [6.07, 6.45) is 0. The fourth-order valence-electron chi connectivity index (χ4n) is 0.937. The lowest BCUT2D eigenvalue weighted by atomic mass is 10.2. The highest BCUT2D eigenvalue weighted by Crippen LogP contribution is 2.13. The highest BCUT2D eigenvalue weighted by Gasteiger charge is 2.08. The van der Waals surface area contributed by atoms with E-state index < -0.39 is 0 Å². The number of hydrazone groups is 1. The summed E-state index contributed by atoms with van der Waals surface area (Å²) >= 11 is -0.245. The minimum absolute atomic E-state index is 0.176. The van der Waals surface area contributed by atoms with Crippen molar-refractivity contribution >= 4 is 28.6 Å². The number of halogens is 2. The van der Waals surface area contributed by atoms with Gasteiger partial charge in [0.15, 0.2) is 0 Å². The SMILES string of the molecule is Fc1ccccc1C1=IC=NN1. The van der Waals surface area contributed by atoms with Gasteiger partial charge in [-0.25, -0.2) is 4.39 Å². The van der Waals surface area contributed by atoms with Crippen LogP contribution in [0.3, 0.4) is 0 Å². The van der Waals surface area contributed by atoms with Crippen LogP contribution in [0, 0.1) is 5.82 Å². The Bertz CT molecular complexity index is 360. The summed E-state index contributed by atoms with van der Waals surface area (Å²) < 4.78 is 15.9. The van der Waals surface area contributed by atoms with Crippen molar-refractivity contribution in [1.82, 2.24) is 5.43 Å². The molecule has 1 heterocycles. The summed E-state index contributed by atoms with van der Waals surface area (Å²) in [5, 5.41) is 3.85. The van der Waals surface area contributed by atoms with Crippen molar-refractivity contribution in [2.75, 3.05) is 0 Å². The first-order valence-corrected chi connectivity index (χ1v) is 5.73. The average molecular weight is 276 g/mol. The molecule has 2 nitrogen and oxygen atoms in total. The van der Waals surface area contributed by atoms with Crippen molar-refractivity contribution < 1.29 is 4.39 Å². The summed E-state index contributed by atoms with van der Waals surface area (Å²) in [6, 6.07) is 6.75. The molecule has 1 aromatic rings. The van der Waals surface area contributed by atoms with Gasteiger partial charge in [0.05, 0.1) is 4.22 Å². The van der Waals surface area contributed by atoms with Crippen molar-refractivity contribution in [2.24, 2.45) is 5.10 Å². The molecule has 12 heavy (non-hydrogen) atoms. The average Bonchev–Trinajstić information content (AvgIpc) is 2.57. The predicted octanol–water partition coefficient (Wildman–Crippen LogP) is 1.82. The van der Waals surface area contributed by atoms with E-state index in [4.69, 9.17) is 0 Å². The molecule has 0 bridgehead atoms. The van der Waals surface area contributed by atoms with Crippen LogP contribution in [-0.4, -0.2) is 7.85 Å². The van der Waals surface area contributed by atoms with Crippen LogP contribution >= 0.6 is 20.7 Å². The molecule has 1 N–H and O–H groups in total. The van der Waals surface area contributed by atoms with Crippen LogP contribution in [0.2, 0.25) is 0 Å². The molecule has 0 amide bonds. The molecule has 0 aliphatic carbocycles. The molecule has 0 saturated heterocycles. The van der Waals surface area contributed by atoms with E-state index in [-0.39, 0.29) is 26.5 Å². The van der Waals surface area contributed by atoms with Gasteiger partial charge in [-0.05, 0) is 32.9 Å². The molecule has 0 atom stereocenters. The van der Waals surface area contributed by atoms with E-state index in [1.165, 1.54) is 6.07 Å². The Kier molecular flexibility index (Phi) is 2.16. The second-order valence-corrected chi connectivity index (χ2v) is 4.50. The lowest BCUT2D eigenvalue weighted by Crippen LogP contribution is -2.14. The molecule has 0 aromatic heterocycles. The van der Waals surface area contributed by atoms with Gasteiger partial charge in [0.2, 0.25) is 0 Å². The number of rotatable bonds is 1. The Morgan fingerprint density at radius 1 is 1.33 bits per heavy atom. The van der Waals surface area contributed by atoms with E-state index >= 15 is 0 Å². The first-order valence-electron chi connectivity index (χ1n) is 3.41. The van der Waals surface area contributed by atoms with Crippen LogP contribution in [-0.2, 0) is 0 Å². The smallest absolute Gasteiger partial charge is 0.133 e. The molecule has 0 unspecified atom stereocenters. The van der Waals surface area contributed by atoms with Crippen LogP contribution in [0.15, 0.2) is 29.4 Å². The first-order chi connectivity index (χ1) is 5.88. The minimum Gasteiger partial charge on any atom is -0.272 e. The largest absolute Gasteiger partial charge is 0.272 e. The number of hydrogen-bond acceptors (Lipinski definition) is 2. The molecule has 0 radical (unpaired) electrons. The molecular formula is C8H6FIN2. The Labute approximate surface area is 79.2 Å². The van der Waals surface area contributed by atoms with Gasteiger partial charge in [-0.2, -0.15) is 5.10 Å². The Hall–Kier alpha value is -0.780. The molecule has 2 rings (SSSR count). The summed E-state index contributed by atoms with van der Waals surface area (Å²) in [5.74, 6) is -0.176. The quantitative estimate of drug-likeness (QED) is 0.777. The fourth-order valence-corrected chi connectivity index (χ4v) is 2.55. The minimum atomic E-state index is -0.245. The lowest BCUT2D eigenvalue weighted by Gasteiger charge is -2.01. The predicted molar refractivity (Wildman–Crippen MR) is 56.2 cm³/mol. The third kappa shape index (κ3) is 1.38. The molecule has 1 aromatic carbocycles. The molecule has 0 saturated carbocycles. The van der Waals surface area contributed by atoms with E-state index in [1.807, 2.05) is 10.3 Å². The van der Waals surface area contributed by atoms with Gasteiger partial charge >= 0.3 is 0 Å². The van der Waals surface area contributed by atoms with Gasteiger partial charge in [-0.3, -0.25) is 5.43 Å². The van der Waals surface area contributed by atoms with Gasteiger partial charge < -0.3 is 0 Å². The Morgan fingerprint density at radius 3 is 2.83 bits per heavy atom. The standard InChI is InChI=1S/C8H6FIN2/c9-7-4-2-1-3-6(7)8-10-5-11-12-8/h1-5,12H. The molecule has 4 heteroatoms. The fraction of sp³-hybridized carbons (Fsp3) is 0. The highest BCUT2D eigenvalue weighted by molar-refractivity contribution is 14.2. The van der Waals surface area contributed by atoms with Gasteiger partial charge in [-0.15, -0.1) is 0 Å². The molecule has 1 aliphatic heterocycles. The van der Waals surface area contributed by atoms with E-state index in [0.29, 0.717) is 5.56 Å². The Morgan fingerprint density at radius 2 is 2.17 bits per heavy atom. The van der Waals surface area contributed by atoms with Crippen molar-refractivity contribution in [2.45, 2.75) is 0 Å². The zero-order valence-corrected chi connectivity index (χ0v) is 8.25. The number of nitrogens with zero attached hydrogens (tertiary/aromatic N) is 1. The summed E-state index contributed by atoms with van der Waals surface area (Å²) in [7, 11) is 0. The molecule has 0 spiro atoms. The first kappa shape index (κ1) is 7.85. The number of hydrogen-bond donors (Lipinski definition) is 1. The monoisotopic (exact) mass is 276 g/mol. The van der Waals surface area contributed by atoms with Gasteiger partial charge in [-0.1, -0.05) is 12.1 Å². The van der Waals surface area contributed by atoms with Crippen LogP contribution in [0.5, 0.6) is 0 Å². The topological polar surface area (TPSA) is 24.4 Å². The zero-order valence-electron chi connectivity index (χ0n) is 6.09. The zero-order chi connectivity index (χ0) is 8.39. The van der Waals surface area contributed by atoms with Crippen LogP contribution in [0.25, 0.3) is 0 Å². The second kappa shape index (κ2) is 3.30. The summed E-state index contributed by atoms with van der Waals surface area (Å²) in [5.41, 5.74) is 3.46. The van der Waals surface area contributed by atoms with E-state index in [2.05, 4.69) is 10.5 Å². The highest BCUT2D eigenvalue weighted by atomic mass is 127. The van der Waals surface area contributed by atoms with Crippen LogP contribution in [0.4, 0.5) is 4.39 Å². The maximum atomic E-state index is 13.1. The van der Waals surface area contributed by atoms with Crippen LogP contribution in [0.1, 0.15) is 5.56 Å². The third-order valence-corrected chi connectivity index (χ3v) is 3.48. The van der Waals surface area contributed by atoms with Crippen molar-refractivity contribution in [3.05, 3.63) is 35.6 Å². The van der Waals surface area contributed by atoms with Gasteiger partial charge in [0, 0.05) is 5.56 Å². The van der Waals surface area contributed by atoms with Crippen molar-refractivity contribution in [3.63, 3.8) is 0 Å². The van der Waals surface area contributed by atoms with E-state index in [0.717, 1.165) is 3.63 Å². The van der Waals surface area contributed by atoms with Gasteiger partial charge in [0.25, 0.3) is 0 Å². The van der Waals surface area contributed by atoms with Gasteiger partial charge in [0.1, 0.15) is 9.45 Å². The maximum absolute atomic E-state index is 13.1. The number of benzene rings is 1. The second-order valence-electron chi connectivity index (χ2n) is 2.24. The normalized spacial score (nSPS) is 14.9. The van der Waals surface area contributed by atoms with Crippen molar-refractivity contribution in [3.8, 4) is 0 Å². The van der Waals surface area contributed by atoms with E-state index in [9.17, 15) is 4.39 Å². The summed E-state index contributed by atoms with van der Waals surface area (Å²) in [6.45, 7) is 0. The van der Waals surface area contributed by atoms with Crippen molar-refractivity contribution in [1.29, 1.82) is 0 Å². The summed E-state index contributed by atoms with van der Waals surface area (Å²) in [4.78, 5) is 0. The lowest BCUT2D eigenvalue weighted by molar-refractivity contribution is 0.625. The molecule has 62 valence electrons.